The molecule has 0 N–H and O–H groups in total. The average molecular weight is 270 g/mol. The molecule has 2 aromatic rings. The van der Waals surface area contributed by atoms with Gasteiger partial charge in [0, 0.05) is 12.1 Å². The molecule has 1 aromatic carbocycles. The van der Waals surface area contributed by atoms with Gasteiger partial charge in [0.1, 0.15) is 7.05 Å². The molecule has 0 aliphatic rings. The number of benzene rings is 1. The maximum atomic E-state index is 8.49. The minimum absolute atomic E-state index is 1.26. The van der Waals surface area contributed by atoms with Crippen molar-refractivity contribution >= 4 is 0 Å². The fourth-order valence-corrected chi connectivity index (χ4v) is 1.32. The maximum absolute atomic E-state index is 8.49. The third-order valence-electron chi connectivity index (χ3n) is 2.09. The summed E-state index contributed by atoms with van der Waals surface area (Å²) in [6.45, 7) is 0. The van der Waals surface area contributed by atoms with Crippen molar-refractivity contribution in [3.05, 3.63) is 54.9 Å². The summed E-state index contributed by atoms with van der Waals surface area (Å²) < 4.78 is 36.0. The molecule has 6 heteroatoms. The zero-order valence-corrected chi connectivity index (χ0v) is 10.4. The number of aryl methyl sites for hydroxylation is 1. The Balaban J connectivity index is 0.000000280. The van der Waals surface area contributed by atoms with Gasteiger partial charge in [-0.25, -0.2) is 23.2 Å². The van der Waals surface area contributed by atoms with Crippen LogP contribution >= 0.6 is 0 Å². The highest BCUT2D eigenvalue weighted by atomic mass is 35.7. The summed E-state index contributed by atoms with van der Waals surface area (Å²) in [5.74, 6) is 0. The topological polar surface area (TPSA) is 96.1 Å². The largest absolute Gasteiger partial charge is 0.222 e. The molecular formula is C12H12ClNO4. The van der Waals surface area contributed by atoms with Crippen LogP contribution in [-0.2, 0) is 7.05 Å². The Hall–Kier alpha value is -1.50. The number of hydrogen-bond donors (Lipinski definition) is 0. The van der Waals surface area contributed by atoms with Crippen LogP contribution in [0.15, 0.2) is 54.9 Å². The lowest BCUT2D eigenvalue weighted by Gasteiger charge is -2.17. The van der Waals surface area contributed by atoms with Gasteiger partial charge in [0.2, 0.25) is 0 Å². The summed E-state index contributed by atoms with van der Waals surface area (Å²) in [6.07, 6.45) is 4.12. The molecule has 0 aliphatic carbocycles. The van der Waals surface area contributed by atoms with Crippen LogP contribution in [0.2, 0.25) is 0 Å². The molecule has 0 unspecified atom stereocenters. The molecule has 0 amide bonds. The number of halogens is 1. The Morgan fingerprint density at radius 1 is 0.778 bits per heavy atom. The summed E-state index contributed by atoms with van der Waals surface area (Å²) in [5.41, 5.74) is 2.53. The zero-order chi connectivity index (χ0) is 13.6. The van der Waals surface area contributed by atoms with Crippen molar-refractivity contribution in [3.8, 4) is 11.1 Å². The Bertz CT molecular complexity index is 462. The molecule has 1 aromatic heterocycles. The third-order valence-corrected chi connectivity index (χ3v) is 2.09. The van der Waals surface area contributed by atoms with E-state index >= 15 is 0 Å². The van der Waals surface area contributed by atoms with Gasteiger partial charge in [-0.1, -0.05) is 30.3 Å². The summed E-state index contributed by atoms with van der Waals surface area (Å²) in [4.78, 5) is 0. The van der Waals surface area contributed by atoms with Gasteiger partial charge in [-0.3, -0.25) is 0 Å². The van der Waals surface area contributed by atoms with E-state index in [1.165, 1.54) is 11.1 Å². The molecule has 0 atom stereocenters. The van der Waals surface area contributed by atoms with Crippen molar-refractivity contribution in [1.29, 1.82) is 0 Å². The molecule has 5 nitrogen and oxygen atoms in total. The fraction of sp³-hybridized carbons (Fsp3) is 0.0833. The third kappa shape index (κ3) is 6.29. The second kappa shape index (κ2) is 6.44. The van der Waals surface area contributed by atoms with Crippen LogP contribution in [0.1, 0.15) is 0 Å². The van der Waals surface area contributed by atoms with Crippen molar-refractivity contribution < 1.29 is 33.4 Å². The number of pyridine rings is 1. The lowest BCUT2D eigenvalue weighted by atomic mass is 10.1. The van der Waals surface area contributed by atoms with E-state index < -0.39 is 10.2 Å². The number of rotatable bonds is 1. The van der Waals surface area contributed by atoms with Gasteiger partial charge >= 0.3 is 0 Å². The lowest BCUT2D eigenvalue weighted by molar-refractivity contribution is -2.00. The Kier molecular flexibility index (Phi) is 5.21. The predicted octanol–water partition coefficient (Wildman–Crippen LogP) is -2.58. The molecule has 0 fully saturated rings. The quantitative estimate of drug-likeness (QED) is 0.531. The van der Waals surface area contributed by atoms with Crippen molar-refractivity contribution in [2.24, 2.45) is 7.05 Å². The van der Waals surface area contributed by atoms with E-state index in [1.54, 1.807) is 0 Å². The van der Waals surface area contributed by atoms with Crippen LogP contribution in [0, 0.1) is 10.2 Å². The maximum Gasteiger partial charge on any atom is 0.169 e. The summed E-state index contributed by atoms with van der Waals surface area (Å²) in [5, 5.41) is 0. The first-order chi connectivity index (χ1) is 8.36. The van der Waals surface area contributed by atoms with Gasteiger partial charge in [0.25, 0.3) is 0 Å². The highest BCUT2D eigenvalue weighted by molar-refractivity contribution is 5.61. The van der Waals surface area contributed by atoms with E-state index in [4.69, 9.17) is 18.6 Å². The lowest BCUT2D eigenvalue weighted by Crippen LogP contribution is -2.68. The van der Waals surface area contributed by atoms with E-state index in [-0.39, 0.29) is 0 Å². The minimum Gasteiger partial charge on any atom is -0.222 e. The molecule has 2 rings (SSSR count). The molecule has 0 saturated heterocycles. The molecule has 96 valence electrons. The van der Waals surface area contributed by atoms with E-state index in [1.807, 2.05) is 17.7 Å². The first-order valence-electron chi connectivity index (χ1n) is 4.99. The van der Waals surface area contributed by atoms with E-state index in [0.29, 0.717) is 0 Å². The monoisotopic (exact) mass is 269 g/mol. The second-order valence-electron chi connectivity index (χ2n) is 3.50. The number of aromatic nitrogens is 1. The molecule has 1 heterocycles. The number of nitrogens with zero attached hydrogens (tertiary/aromatic N) is 1. The normalized spacial score (nSPS) is 10.5. The summed E-state index contributed by atoms with van der Waals surface area (Å²) >= 11 is 0. The van der Waals surface area contributed by atoms with Crippen LogP contribution in [0.5, 0.6) is 0 Å². The SMILES string of the molecule is C[n+]1ccc(-c2ccccc2)cc1.[O-][Cl+3]([O-])([O-])[O-]. The first-order valence-corrected chi connectivity index (χ1v) is 6.22. The van der Waals surface area contributed by atoms with E-state index in [0.717, 1.165) is 0 Å². The zero-order valence-electron chi connectivity index (χ0n) is 9.65. The van der Waals surface area contributed by atoms with Gasteiger partial charge in [-0.15, -0.1) is 10.2 Å². The van der Waals surface area contributed by atoms with Crippen molar-refractivity contribution in [2.75, 3.05) is 0 Å². The first kappa shape index (κ1) is 14.6. The molecule has 0 bridgehead atoms. The van der Waals surface area contributed by atoms with Gasteiger partial charge in [-0.05, 0) is 11.1 Å². The van der Waals surface area contributed by atoms with Crippen LogP contribution in [0.4, 0.5) is 0 Å². The highest BCUT2D eigenvalue weighted by Crippen LogP contribution is 2.16. The fourth-order valence-electron chi connectivity index (χ4n) is 1.32. The summed E-state index contributed by atoms with van der Waals surface area (Å²) in [6, 6.07) is 14.6. The standard InChI is InChI=1S/C12H12N.ClHO4/c1-13-9-7-12(8-10-13)11-5-3-2-4-6-11;2-1(3,4)5/h2-10H,1H3;(H,2,3,4,5)/q+1;/p-1. The number of hydrogen-bond acceptors (Lipinski definition) is 4. The molecule has 0 aliphatic heterocycles. The Morgan fingerprint density at radius 3 is 1.61 bits per heavy atom. The van der Waals surface area contributed by atoms with Crippen molar-refractivity contribution in [2.45, 2.75) is 0 Å². The Morgan fingerprint density at radius 2 is 1.17 bits per heavy atom. The molecule has 18 heavy (non-hydrogen) atoms. The van der Waals surface area contributed by atoms with Crippen LogP contribution in [0.25, 0.3) is 11.1 Å². The van der Waals surface area contributed by atoms with Crippen molar-refractivity contribution in [3.63, 3.8) is 0 Å². The van der Waals surface area contributed by atoms with Crippen molar-refractivity contribution in [1.82, 2.24) is 0 Å². The van der Waals surface area contributed by atoms with Crippen LogP contribution in [0.3, 0.4) is 0 Å². The highest BCUT2D eigenvalue weighted by Gasteiger charge is 1.97. The van der Waals surface area contributed by atoms with Gasteiger partial charge in [-0.2, -0.15) is 0 Å². The minimum atomic E-state index is -4.94. The molecular weight excluding hydrogens is 258 g/mol. The predicted molar refractivity (Wildman–Crippen MR) is 53.1 cm³/mol. The average Bonchev–Trinajstić information content (AvgIpc) is 2.29. The van der Waals surface area contributed by atoms with Gasteiger partial charge < -0.3 is 0 Å². The summed E-state index contributed by atoms with van der Waals surface area (Å²) in [7, 11) is -2.92. The second-order valence-corrected chi connectivity index (χ2v) is 4.25. The Labute approximate surface area is 107 Å². The van der Waals surface area contributed by atoms with Crippen LogP contribution < -0.4 is 23.2 Å². The van der Waals surface area contributed by atoms with E-state index in [9.17, 15) is 0 Å². The van der Waals surface area contributed by atoms with E-state index in [2.05, 4.69) is 48.8 Å². The van der Waals surface area contributed by atoms with Gasteiger partial charge in [0.05, 0.1) is 0 Å². The molecule has 0 spiro atoms. The molecule has 0 radical (unpaired) electrons. The van der Waals surface area contributed by atoms with Crippen LogP contribution in [-0.4, -0.2) is 0 Å². The smallest absolute Gasteiger partial charge is 0.169 e. The molecule has 0 saturated carbocycles. The van der Waals surface area contributed by atoms with Gasteiger partial charge in [0.15, 0.2) is 12.4 Å².